The molecule has 1 fully saturated rings. The second kappa shape index (κ2) is 9.13. The van der Waals surface area contributed by atoms with Crippen molar-refractivity contribution in [2.75, 3.05) is 32.8 Å². The number of pyridine rings is 1. The molecule has 0 aliphatic carbocycles. The maximum Gasteiger partial charge on any atom is 0.0991 e. The van der Waals surface area contributed by atoms with Gasteiger partial charge in [0.15, 0.2) is 0 Å². The first kappa shape index (κ1) is 20.7. The minimum absolute atomic E-state index is 0.659. The molecule has 3 heterocycles. The second-order valence-electron chi connectivity index (χ2n) is 8.00. The molecule has 160 valence electrons. The van der Waals surface area contributed by atoms with Crippen LogP contribution in [0.15, 0.2) is 67.1 Å². The van der Waals surface area contributed by atoms with Crippen LogP contribution in [0.3, 0.4) is 0 Å². The highest BCUT2D eigenvalue weighted by atomic mass is 35.5. The molecular formula is C26H23ClN4O. The number of rotatable bonds is 5. The van der Waals surface area contributed by atoms with Crippen molar-refractivity contribution in [3.05, 3.63) is 77.7 Å². The van der Waals surface area contributed by atoms with E-state index >= 15 is 0 Å². The molecule has 0 N–H and O–H groups in total. The van der Waals surface area contributed by atoms with Gasteiger partial charge in [-0.2, -0.15) is 5.26 Å². The van der Waals surface area contributed by atoms with Gasteiger partial charge < -0.3 is 9.30 Å². The number of morpholine rings is 1. The average molecular weight is 443 g/mol. The fraction of sp³-hybridized carbons (Fsp3) is 0.231. The first-order valence-electron chi connectivity index (χ1n) is 10.8. The van der Waals surface area contributed by atoms with Gasteiger partial charge in [-0.25, -0.2) is 0 Å². The summed E-state index contributed by atoms with van der Waals surface area (Å²) < 4.78 is 7.76. The van der Waals surface area contributed by atoms with Gasteiger partial charge in [-0.1, -0.05) is 23.7 Å². The Morgan fingerprint density at radius 1 is 0.938 bits per heavy atom. The summed E-state index contributed by atoms with van der Waals surface area (Å²) in [5.74, 6) is 0. The van der Waals surface area contributed by atoms with E-state index in [0.717, 1.165) is 72.5 Å². The molecule has 0 saturated carbocycles. The predicted molar refractivity (Wildman–Crippen MR) is 128 cm³/mol. The van der Waals surface area contributed by atoms with Crippen LogP contribution in [-0.4, -0.2) is 47.3 Å². The minimum atomic E-state index is 0.659. The van der Waals surface area contributed by atoms with Gasteiger partial charge in [0.1, 0.15) is 0 Å². The maximum absolute atomic E-state index is 9.46. The predicted octanol–water partition coefficient (Wildman–Crippen LogP) is 5.23. The van der Waals surface area contributed by atoms with Crippen LogP contribution >= 0.6 is 11.6 Å². The molecule has 2 aromatic heterocycles. The number of nitriles is 1. The number of fused-ring (bicyclic) bond motifs is 1. The molecule has 4 aromatic rings. The van der Waals surface area contributed by atoms with E-state index in [2.05, 4.69) is 32.8 Å². The molecule has 1 aliphatic heterocycles. The summed E-state index contributed by atoms with van der Waals surface area (Å²) >= 11 is 6.05. The van der Waals surface area contributed by atoms with Crippen LogP contribution in [-0.2, 0) is 11.3 Å². The van der Waals surface area contributed by atoms with E-state index in [1.54, 1.807) is 0 Å². The van der Waals surface area contributed by atoms with E-state index in [1.165, 1.54) is 0 Å². The summed E-state index contributed by atoms with van der Waals surface area (Å²) in [5.41, 5.74) is 6.00. The van der Waals surface area contributed by atoms with Crippen LogP contribution in [0.1, 0.15) is 5.56 Å². The topological polar surface area (TPSA) is 54.1 Å². The molecule has 0 spiro atoms. The number of nitrogens with zero attached hydrogens (tertiary/aromatic N) is 4. The summed E-state index contributed by atoms with van der Waals surface area (Å²) in [7, 11) is 0. The zero-order valence-corrected chi connectivity index (χ0v) is 18.4. The summed E-state index contributed by atoms with van der Waals surface area (Å²) in [6.45, 7) is 5.39. The van der Waals surface area contributed by atoms with Crippen LogP contribution < -0.4 is 0 Å². The number of hydrogen-bond acceptors (Lipinski definition) is 4. The highest BCUT2D eigenvalue weighted by molar-refractivity contribution is 6.30. The normalized spacial score (nSPS) is 14.5. The van der Waals surface area contributed by atoms with E-state index in [-0.39, 0.29) is 0 Å². The molecule has 5 nitrogen and oxygen atoms in total. The lowest BCUT2D eigenvalue weighted by Crippen LogP contribution is -2.38. The van der Waals surface area contributed by atoms with E-state index in [9.17, 15) is 5.26 Å². The average Bonchev–Trinajstić information content (AvgIpc) is 3.22. The summed E-state index contributed by atoms with van der Waals surface area (Å²) in [5, 5.41) is 11.2. The standard InChI is InChI=1S/C26H23ClN4O/c27-23-4-2-20(3-5-23)21-14-22(17-29-16-21)25-18-31(8-7-30-9-11-32-12-10-30)26-6-1-19(15-28)13-24(25)26/h1-6,13-14,16-18H,7-12H2. The minimum Gasteiger partial charge on any atom is -0.379 e. The summed E-state index contributed by atoms with van der Waals surface area (Å²) in [6, 6.07) is 18.1. The highest BCUT2D eigenvalue weighted by Gasteiger charge is 2.15. The van der Waals surface area contributed by atoms with E-state index in [4.69, 9.17) is 16.3 Å². The van der Waals surface area contributed by atoms with E-state index < -0.39 is 0 Å². The zero-order valence-electron chi connectivity index (χ0n) is 17.7. The Morgan fingerprint density at radius 2 is 1.72 bits per heavy atom. The van der Waals surface area contributed by atoms with Gasteiger partial charge in [-0.3, -0.25) is 9.88 Å². The molecule has 32 heavy (non-hydrogen) atoms. The smallest absolute Gasteiger partial charge is 0.0991 e. The molecule has 1 saturated heterocycles. The Labute approximate surface area is 192 Å². The molecule has 6 heteroatoms. The largest absolute Gasteiger partial charge is 0.379 e. The SMILES string of the molecule is N#Cc1ccc2c(c1)c(-c1cncc(-c3ccc(Cl)cc3)c1)cn2CCN1CCOCC1. The highest BCUT2D eigenvalue weighted by Crippen LogP contribution is 2.33. The van der Waals surface area contributed by atoms with Gasteiger partial charge in [0, 0.05) is 77.4 Å². The fourth-order valence-corrected chi connectivity index (χ4v) is 4.37. The Hall–Kier alpha value is -3.17. The van der Waals surface area contributed by atoms with Gasteiger partial charge in [0.2, 0.25) is 0 Å². The van der Waals surface area contributed by atoms with Crippen molar-refractivity contribution < 1.29 is 4.74 Å². The van der Waals surface area contributed by atoms with Gasteiger partial charge in [0.25, 0.3) is 0 Å². The molecule has 5 rings (SSSR count). The Bertz CT molecular complexity index is 1280. The van der Waals surface area contributed by atoms with Crippen LogP contribution in [0.2, 0.25) is 5.02 Å². The van der Waals surface area contributed by atoms with Crippen molar-refractivity contribution in [2.45, 2.75) is 6.54 Å². The van der Waals surface area contributed by atoms with Crippen molar-refractivity contribution in [3.63, 3.8) is 0 Å². The monoisotopic (exact) mass is 442 g/mol. The van der Waals surface area contributed by atoms with Crippen LogP contribution in [0.25, 0.3) is 33.2 Å². The second-order valence-corrected chi connectivity index (χ2v) is 8.44. The number of aromatic nitrogens is 2. The third-order valence-electron chi connectivity index (χ3n) is 6.00. The van der Waals surface area contributed by atoms with Gasteiger partial charge >= 0.3 is 0 Å². The number of ether oxygens (including phenoxy) is 1. The van der Waals surface area contributed by atoms with Crippen molar-refractivity contribution >= 4 is 22.5 Å². The third-order valence-corrected chi connectivity index (χ3v) is 6.25. The maximum atomic E-state index is 9.46. The molecule has 2 aromatic carbocycles. The van der Waals surface area contributed by atoms with Crippen molar-refractivity contribution in [3.8, 4) is 28.3 Å². The number of halogens is 1. The van der Waals surface area contributed by atoms with Crippen LogP contribution in [0, 0.1) is 11.3 Å². The lowest BCUT2D eigenvalue weighted by molar-refractivity contribution is 0.0365. The number of benzene rings is 2. The Kier molecular flexibility index (Phi) is 5.91. The lowest BCUT2D eigenvalue weighted by atomic mass is 10.0. The molecule has 1 aliphatic rings. The molecule has 0 atom stereocenters. The van der Waals surface area contributed by atoms with Crippen molar-refractivity contribution in [2.24, 2.45) is 0 Å². The molecule has 0 unspecified atom stereocenters. The molecule has 0 amide bonds. The molecule has 0 radical (unpaired) electrons. The number of hydrogen-bond donors (Lipinski definition) is 0. The zero-order chi connectivity index (χ0) is 21.9. The summed E-state index contributed by atoms with van der Waals surface area (Å²) in [4.78, 5) is 6.94. The third kappa shape index (κ3) is 4.26. The van der Waals surface area contributed by atoms with Crippen molar-refractivity contribution in [1.29, 1.82) is 5.26 Å². The Morgan fingerprint density at radius 3 is 2.50 bits per heavy atom. The summed E-state index contributed by atoms with van der Waals surface area (Å²) in [6.07, 6.45) is 5.94. The van der Waals surface area contributed by atoms with Gasteiger partial charge in [-0.05, 0) is 42.0 Å². The molecular weight excluding hydrogens is 420 g/mol. The van der Waals surface area contributed by atoms with E-state index in [1.807, 2.05) is 54.9 Å². The van der Waals surface area contributed by atoms with Gasteiger partial charge in [0.05, 0.1) is 24.8 Å². The van der Waals surface area contributed by atoms with E-state index in [0.29, 0.717) is 10.6 Å². The Balaban J connectivity index is 1.53. The molecule has 0 bridgehead atoms. The fourth-order valence-electron chi connectivity index (χ4n) is 4.24. The quantitative estimate of drug-likeness (QED) is 0.424. The first-order valence-corrected chi connectivity index (χ1v) is 11.1. The van der Waals surface area contributed by atoms with Gasteiger partial charge in [-0.15, -0.1) is 0 Å². The van der Waals surface area contributed by atoms with Crippen LogP contribution in [0.5, 0.6) is 0 Å². The first-order chi connectivity index (χ1) is 15.7. The lowest BCUT2D eigenvalue weighted by Gasteiger charge is -2.26. The van der Waals surface area contributed by atoms with Crippen molar-refractivity contribution in [1.82, 2.24) is 14.5 Å². The van der Waals surface area contributed by atoms with Crippen LogP contribution in [0.4, 0.5) is 0 Å².